The van der Waals surface area contributed by atoms with Crippen LogP contribution in [0.15, 0.2) is 30.3 Å². The number of nitrogens with zero attached hydrogens (tertiary/aromatic N) is 2. The molecule has 0 aliphatic carbocycles. The summed E-state index contributed by atoms with van der Waals surface area (Å²) in [5.74, 6) is 0. The minimum Gasteiger partial charge on any atom is -0.392 e. The molecule has 5 nitrogen and oxygen atoms in total. The Balaban J connectivity index is 2.06. The average Bonchev–Trinajstić information content (AvgIpc) is 2.78. The third-order valence-electron chi connectivity index (χ3n) is 3.09. The van der Waals surface area contributed by atoms with Crippen LogP contribution in [0.2, 0.25) is 0 Å². The zero-order valence-electron chi connectivity index (χ0n) is 10.4. The van der Waals surface area contributed by atoms with Crippen LogP contribution in [-0.2, 0) is 16.8 Å². The van der Waals surface area contributed by atoms with Gasteiger partial charge in [0.25, 0.3) is 10.2 Å². The summed E-state index contributed by atoms with van der Waals surface area (Å²) >= 11 is 0. The molecule has 1 aromatic rings. The van der Waals surface area contributed by atoms with E-state index in [0.29, 0.717) is 19.5 Å². The van der Waals surface area contributed by atoms with E-state index in [1.165, 1.54) is 8.61 Å². The Bertz CT molecular complexity index is 489. The summed E-state index contributed by atoms with van der Waals surface area (Å²) < 4.78 is 27.1. The lowest BCUT2D eigenvalue weighted by Gasteiger charge is -2.23. The highest BCUT2D eigenvalue weighted by atomic mass is 32.2. The van der Waals surface area contributed by atoms with Gasteiger partial charge in [0.15, 0.2) is 0 Å². The highest BCUT2D eigenvalue weighted by molar-refractivity contribution is 7.86. The summed E-state index contributed by atoms with van der Waals surface area (Å²) in [5, 5.41) is 9.41. The Labute approximate surface area is 108 Å². The average molecular weight is 270 g/mol. The normalized spacial score (nSPS) is 21.6. The second-order valence-corrected chi connectivity index (χ2v) is 6.59. The molecule has 0 amide bonds. The van der Waals surface area contributed by atoms with Gasteiger partial charge in [0.2, 0.25) is 0 Å². The van der Waals surface area contributed by atoms with Gasteiger partial charge in [0, 0.05) is 26.7 Å². The van der Waals surface area contributed by atoms with Gasteiger partial charge in [-0.05, 0) is 12.0 Å². The zero-order valence-corrected chi connectivity index (χ0v) is 11.2. The van der Waals surface area contributed by atoms with Gasteiger partial charge in [0.05, 0.1) is 6.10 Å². The van der Waals surface area contributed by atoms with Gasteiger partial charge >= 0.3 is 0 Å². The van der Waals surface area contributed by atoms with E-state index in [0.717, 1.165) is 5.56 Å². The molecule has 1 fully saturated rings. The van der Waals surface area contributed by atoms with Gasteiger partial charge < -0.3 is 5.11 Å². The van der Waals surface area contributed by atoms with E-state index in [1.807, 2.05) is 30.3 Å². The molecule has 0 aromatic heterocycles. The number of benzene rings is 1. The van der Waals surface area contributed by atoms with E-state index in [9.17, 15) is 13.5 Å². The van der Waals surface area contributed by atoms with Crippen LogP contribution in [0.5, 0.6) is 0 Å². The molecule has 18 heavy (non-hydrogen) atoms. The summed E-state index contributed by atoms with van der Waals surface area (Å²) in [7, 11) is -1.90. The monoisotopic (exact) mass is 270 g/mol. The molecular formula is C12H18N2O3S. The molecule has 0 unspecified atom stereocenters. The molecule has 0 spiro atoms. The van der Waals surface area contributed by atoms with Gasteiger partial charge in [-0.1, -0.05) is 30.3 Å². The van der Waals surface area contributed by atoms with Crippen molar-refractivity contribution >= 4 is 10.2 Å². The number of hydrogen-bond acceptors (Lipinski definition) is 3. The molecule has 0 radical (unpaired) electrons. The maximum Gasteiger partial charge on any atom is 0.282 e. The van der Waals surface area contributed by atoms with Crippen molar-refractivity contribution in [3.8, 4) is 0 Å². The molecule has 1 aliphatic heterocycles. The summed E-state index contributed by atoms with van der Waals surface area (Å²) in [6, 6.07) is 9.45. The summed E-state index contributed by atoms with van der Waals surface area (Å²) in [4.78, 5) is 0. The molecular weight excluding hydrogens is 252 g/mol. The topological polar surface area (TPSA) is 60.9 Å². The molecule has 0 bridgehead atoms. The molecule has 1 heterocycles. The molecule has 2 rings (SSSR count). The molecule has 6 heteroatoms. The van der Waals surface area contributed by atoms with Gasteiger partial charge in [-0.2, -0.15) is 17.0 Å². The van der Waals surface area contributed by atoms with Crippen LogP contribution < -0.4 is 0 Å². The van der Waals surface area contributed by atoms with Crippen LogP contribution in [0.4, 0.5) is 0 Å². The molecule has 1 aliphatic rings. The predicted molar refractivity (Wildman–Crippen MR) is 69.0 cm³/mol. The fourth-order valence-electron chi connectivity index (χ4n) is 2.04. The lowest BCUT2D eigenvalue weighted by atomic mass is 10.2. The number of aliphatic hydroxyl groups is 1. The Morgan fingerprint density at radius 3 is 2.61 bits per heavy atom. The molecule has 1 aromatic carbocycles. The smallest absolute Gasteiger partial charge is 0.282 e. The van der Waals surface area contributed by atoms with Gasteiger partial charge in [-0.25, -0.2) is 0 Å². The highest BCUT2D eigenvalue weighted by Gasteiger charge is 2.33. The molecule has 1 atom stereocenters. The van der Waals surface area contributed by atoms with Crippen LogP contribution in [0.3, 0.4) is 0 Å². The lowest BCUT2D eigenvalue weighted by molar-refractivity contribution is 0.188. The van der Waals surface area contributed by atoms with Crippen LogP contribution in [0.25, 0.3) is 0 Å². The molecule has 1 saturated heterocycles. The maximum atomic E-state index is 12.2. The zero-order chi connectivity index (χ0) is 13.2. The van der Waals surface area contributed by atoms with Crippen molar-refractivity contribution in [1.29, 1.82) is 0 Å². The second kappa shape index (κ2) is 5.36. The van der Waals surface area contributed by atoms with Crippen LogP contribution in [0.1, 0.15) is 12.0 Å². The Morgan fingerprint density at radius 2 is 2.06 bits per heavy atom. The van der Waals surface area contributed by atoms with Crippen LogP contribution >= 0.6 is 0 Å². The van der Waals surface area contributed by atoms with Crippen LogP contribution in [0, 0.1) is 0 Å². The molecule has 1 N–H and O–H groups in total. The third-order valence-corrected chi connectivity index (χ3v) is 5.00. The van der Waals surface area contributed by atoms with E-state index >= 15 is 0 Å². The van der Waals surface area contributed by atoms with Gasteiger partial charge in [-0.15, -0.1) is 0 Å². The minimum absolute atomic E-state index is 0.196. The minimum atomic E-state index is -3.46. The summed E-state index contributed by atoms with van der Waals surface area (Å²) in [6.07, 6.45) is -0.0248. The lowest BCUT2D eigenvalue weighted by Crippen LogP contribution is -2.40. The number of rotatable bonds is 4. The van der Waals surface area contributed by atoms with Crippen molar-refractivity contribution in [2.24, 2.45) is 0 Å². The first-order chi connectivity index (χ1) is 8.50. The number of hydrogen-bond donors (Lipinski definition) is 1. The molecule has 100 valence electrons. The Morgan fingerprint density at radius 1 is 1.39 bits per heavy atom. The first-order valence-corrected chi connectivity index (χ1v) is 7.33. The SMILES string of the molecule is CN(Cc1ccccc1)S(=O)(=O)N1CC[C@H](O)C1. The standard InChI is InChI=1S/C12H18N2O3S/c1-13(9-11-5-3-2-4-6-11)18(16,17)14-8-7-12(15)10-14/h2-6,12,15H,7-10H2,1H3/t12-/m0/s1. The number of β-amino-alcohol motifs (C(OH)–C–C–N with tert-alkyl or cyclic N) is 1. The first-order valence-electron chi connectivity index (χ1n) is 5.93. The number of aliphatic hydroxyl groups excluding tert-OH is 1. The van der Waals surface area contributed by atoms with Crippen molar-refractivity contribution in [3.05, 3.63) is 35.9 Å². The maximum absolute atomic E-state index is 12.2. The van der Waals surface area contributed by atoms with Crippen molar-refractivity contribution in [2.45, 2.75) is 19.1 Å². The van der Waals surface area contributed by atoms with Gasteiger partial charge in [0.1, 0.15) is 0 Å². The van der Waals surface area contributed by atoms with Crippen molar-refractivity contribution < 1.29 is 13.5 Å². The van der Waals surface area contributed by atoms with Crippen LogP contribution in [-0.4, -0.2) is 48.4 Å². The predicted octanol–water partition coefficient (Wildman–Crippen LogP) is 0.430. The third kappa shape index (κ3) is 2.89. The van der Waals surface area contributed by atoms with E-state index in [2.05, 4.69) is 0 Å². The Hall–Kier alpha value is -0.950. The van der Waals surface area contributed by atoms with E-state index in [4.69, 9.17) is 0 Å². The first kappa shape index (κ1) is 13.5. The Kier molecular flexibility index (Phi) is 4.01. The fraction of sp³-hybridized carbons (Fsp3) is 0.500. The fourth-order valence-corrected chi connectivity index (χ4v) is 3.44. The molecule has 0 saturated carbocycles. The highest BCUT2D eigenvalue weighted by Crippen LogP contribution is 2.17. The summed E-state index contributed by atoms with van der Waals surface area (Å²) in [5.41, 5.74) is 0.948. The summed E-state index contributed by atoms with van der Waals surface area (Å²) in [6.45, 7) is 0.930. The van der Waals surface area contributed by atoms with Gasteiger partial charge in [-0.3, -0.25) is 0 Å². The van der Waals surface area contributed by atoms with Crippen molar-refractivity contribution in [3.63, 3.8) is 0 Å². The largest absolute Gasteiger partial charge is 0.392 e. The quantitative estimate of drug-likeness (QED) is 0.863. The van der Waals surface area contributed by atoms with E-state index < -0.39 is 16.3 Å². The van der Waals surface area contributed by atoms with Crippen molar-refractivity contribution in [1.82, 2.24) is 8.61 Å². The van der Waals surface area contributed by atoms with E-state index in [-0.39, 0.29) is 6.54 Å². The van der Waals surface area contributed by atoms with E-state index in [1.54, 1.807) is 7.05 Å². The second-order valence-electron chi connectivity index (χ2n) is 4.55. The van der Waals surface area contributed by atoms with Crippen molar-refractivity contribution in [2.75, 3.05) is 20.1 Å².